The van der Waals surface area contributed by atoms with Gasteiger partial charge in [-0.05, 0) is 24.3 Å². The van der Waals surface area contributed by atoms with Crippen molar-refractivity contribution >= 4 is 22.1 Å². The number of nitrogens with zero attached hydrogens (tertiary/aromatic N) is 4. The second kappa shape index (κ2) is 5.08. The Hall–Kier alpha value is -2.00. The Kier molecular flexibility index (Phi) is 3.38. The van der Waals surface area contributed by atoms with Crippen molar-refractivity contribution in [3.05, 3.63) is 48.5 Å². The molecule has 4 aromatic rings. The van der Waals surface area contributed by atoms with Crippen molar-refractivity contribution in [1.82, 2.24) is 19.1 Å². The molecule has 0 saturated carbocycles. The van der Waals surface area contributed by atoms with Crippen molar-refractivity contribution in [1.29, 1.82) is 0 Å². The van der Waals surface area contributed by atoms with Crippen molar-refractivity contribution in [2.24, 2.45) is 14.1 Å². The van der Waals surface area contributed by atoms with E-state index in [1.807, 2.05) is 50.5 Å². The number of imidazole rings is 2. The van der Waals surface area contributed by atoms with Gasteiger partial charge in [0.25, 0.3) is 0 Å². The SMILES string of the molecule is Cn1c(-c2nc3ccccc3n2C)nc2ccccc21.[Ru]. The maximum Gasteiger partial charge on any atom is 0.177 e. The summed E-state index contributed by atoms with van der Waals surface area (Å²) >= 11 is 0. The molecule has 0 N–H and O–H groups in total. The first-order chi connectivity index (χ1) is 9.75. The van der Waals surface area contributed by atoms with Crippen LogP contribution in [-0.4, -0.2) is 19.1 Å². The van der Waals surface area contributed by atoms with E-state index in [2.05, 4.69) is 21.3 Å². The van der Waals surface area contributed by atoms with Crippen molar-refractivity contribution in [2.75, 3.05) is 0 Å². The molecule has 0 spiro atoms. The number of rotatable bonds is 1. The summed E-state index contributed by atoms with van der Waals surface area (Å²) in [5, 5.41) is 0. The first-order valence-electron chi connectivity index (χ1n) is 6.59. The number of hydrogen-bond donors (Lipinski definition) is 0. The van der Waals surface area contributed by atoms with E-state index >= 15 is 0 Å². The Morgan fingerprint density at radius 1 is 0.667 bits per heavy atom. The normalized spacial score (nSPS) is 11.0. The summed E-state index contributed by atoms with van der Waals surface area (Å²) in [6.45, 7) is 0. The third kappa shape index (κ3) is 2.00. The van der Waals surface area contributed by atoms with Crippen molar-refractivity contribution in [3.63, 3.8) is 0 Å². The molecule has 2 aromatic heterocycles. The Bertz CT molecular complexity index is 858. The summed E-state index contributed by atoms with van der Waals surface area (Å²) in [4.78, 5) is 9.44. The van der Waals surface area contributed by atoms with Crippen LogP contribution in [0.3, 0.4) is 0 Å². The van der Waals surface area contributed by atoms with Crippen molar-refractivity contribution in [2.45, 2.75) is 0 Å². The van der Waals surface area contributed by atoms with Crippen LogP contribution in [0.4, 0.5) is 0 Å². The molecule has 2 aromatic carbocycles. The Balaban J connectivity index is 0.00000132. The fourth-order valence-electron chi connectivity index (χ4n) is 2.69. The molecule has 0 aliphatic rings. The van der Waals surface area contributed by atoms with E-state index in [-0.39, 0.29) is 19.5 Å². The molecule has 0 amide bonds. The van der Waals surface area contributed by atoms with E-state index in [1.165, 1.54) is 0 Å². The topological polar surface area (TPSA) is 35.6 Å². The summed E-state index contributed by atoms with van der Waals surface area (Å²) in [6, 6.07) is 16.3. The second-order valence-electron chi connectivity index (χ2n) is 4.97. The van der Waals surface area contributed by atoms with Crippen LogP contribution in [0.15, 0.2) is 48.5 Å². The van der Waals surface area contributed by atoms with Crippen LogP contribution in [0.2, 0.25) is 0 Å². The van der Waals surface area contributed by atoms with E-state index in [0.717, 1.165) is 33.7 Å². The molecule has 4 rings (SSSR count). The second-order valence-corrected chi connectivity index (χ2v) is 4.97. The Morgan fingerprint density at radius 3 is 1.43 bits per heavy atom. The summed E-state index contributed by atoms with van der Waals surface area (Å²) in [5.41, 5.74) is 4.23. The summed E-state index contributed by atoms with van der Waals surface area (Å²) in [6.07, 6.45) is 0. The third-order valence-electron chi connectivity index (χ3n) is 3.77. The van der Waals surface area contributed by atoms with E-state index in [9.17, 15) is 0 Å². The molecular weight excluding hydrogens is 349 g/mol. The minimum atomic E-state index is 0. The smallest absolute Gasteiger partial charge is 0.177 e. The van der Waals surface area contributed by atoms with Crippen LogP contribution in [0.25, 0.3) is 33.7 Å². The molecule has 5 heteroatoms. The third-order valence-corrected chi connectivity index (χ3v) is 3.77. The molecule has 0 unspecified atom stereocenters. The molecular formula is C16H14N4Ru. The summed E-state index contributed by atoms with van der Waals surface area (Å²) in [7, 11) is 4.06. The van der Waals surface area contributed by atoms with Gasteiger partial charge in [0, 0.05) is 33.6 Å². The first kappa shape index (κ1) is 14.0. The Morgan fingerprint density at radius 2 is 1.05 bits per heavy atom. The zero-order valence-electron chi connectivity index (χ0n) is 11.8. The molecule has 0 atom stereocenters. The average molecular weight is 363 g/mol. The molecule has 0 saturated heterocycles. The molecule has 0 radical (unpaired) electrons. The first-order valence-corrected chi connectivity index (χ1v) is 6.59. The number of aromatic nitrogens is 4. The van der Waals surface area contributed by atoms with Gasteiger partial charge in [-0.15, -0.1) is 0 Å². The molecule has 4 nitrogen and oxygen atoms in total. The van der Waals surface area contributed by atoms with Crippen molar-refractivity contribution in [3.8, 4) is 11.6 Å². The van der Waals surface area contributed by atoms with Gasteiger partial charge in [0.15, 0.2) is 11.6 Å². The zero-order valence-corrected chi connectivity index (χ0v) is 13.5. The minimum absolute atomic E-state index is 0. The standard InChI is InChI=1S/C16H14N4.Ru/c1-19-13-9-5-3-7-11(13)17-15(19)16-18-12-8-4-6-10-14(12)20(16)2;/h3-10H,1-2H3;. The predicted molar refractivity (Wildman–Crippen MR) is 80.4 cm³/mol. The molecule has 0 fully saturated rings. The van der Waals surface area contributed by atoms with Gasteiger partial charge in [-0.25, -0.2) is 9.97 Å². The van der Waals surface area contributed by atoms with E-state index < -0.39 is 0 Å². The maximum atomic E-state index is 4.72. The van der Waals surface area contributed by atoms with Crippen molar-refractivity contribution < 1.29 is 19.5 Å². The van der Waals surface area contributed by atoms with Gasteiger partial charge in [-0.2, -0.15) is 0 Å². The zero-order chi connectivity index (χ0) is 13.7. The summed E-state index contributed by atoms with van der Waals surface area (Å²) in [5.74, 6) is 1.79. The van der Waals surface area contributed by atoms with Crippen LogP contribution in [0, 0.1) is 0 Å². The number of hydrogen-bond acceptors (Lipinski definition) is 2. The van der Waals surface area contributed by atoms with Gasteiger partial charge in [-0.1, -0.05) is 24.3 Å². The maximum absolute atomic E-state index is 4.72. The molecule has 106 valence electrons. The summed E-state index contributed by atoms with van der Waals surface area (Å²) < 4.78 is 4.19. The van der Waals surface area contributed by atoms with Gasteiger partial charge in [-0.3, -0.25) is 0 Å². The molecule has 0 bridgehead atoms. The molecule has 0 aliphatic heterocycles. The van der Waals surface area contributed by atoms with Crippen LogP contribution in [0.5, 0.6) is 0 Å². The van der Waals surface area contributed by atoms with Crippen LogP contribution < -0.4 is 0 Å². The largest absolute Gasteiger partial charge is 0.324 e. The van der Waals surface area contributed by atoms with Crippen LogP contribution >= 0.6 is 0 Å². The van der Waals surface area contributed by atoms with Gasteiger partial charge >= 0.3 is 0 Å². The van der Waals surface area contributed by atoms with E-state index in [1.54, 1.807) is 0 Å². The van der Waals surface area contributed by atoms with Gasteiger partial charge in [0.1, 0.15) is 0 Å². The number of para-hydroxylation sites is 4. The minimum Gasteiger partial charge on any atom is -0.324 e. The fraction of sp³-hybridized carbons (Fsp3) is 0.125. The van der Waals surface area contributed by atoms with Gasteiger partial charge in [0.2, 0.25) is 0 Å². The fourth-order valence-corrected chi connectivity index (χ4v) is 2.69. The number of benzene rings is 2. The average Bonchev–Trinajstić information content (AvgIpc) is 2.98. The molecule has 2 heterocycles. The monoisotopic (exact) mass is 364 g/mol. The van der Waals surface area contributed by atoms with Crippen LogP contribution in [-0.2, 0) is 33.6 Å². The molecule has 21 heavy (non-hydrogen) atoms. The van der Waals surface area contributed by atoms with Crippen LogP contribution in [0.1, 0.15) is 0 Å². The number of fused-ring (bicyclic) bond motifs is 2. The van der Waals surface area contributed by atoms with E-state index in [4.69, 9.17) is 9.97 Å². The predicted octanol–water partition coefficient (Wildman–Crippen LogP) is 3.12. The van der Waals surface area contributed by atoms with Gasteiger partial charge < -0.3 is 9.13 Å². The van der Waals surface area contributed by atoms with E-state index in [0.29, 0.717) is 0 Å². The Labute approximate surface area is 135 Å². The molecule has 0 aliphatic carbocycles. The quantitative estimate of drug-likeness (QED) is 0.487. The van der Waals surface area contributed by atoms with Gasteiger partial charge in [0.05, 0.1) is 22.1 Å². The number of aryl methyl sites for hydroxylation is 2.